The fourth-order valence-corrected chi connectivity index (χ4v) is 2.15. The number of likely N-dealkylation sites (N-methyl/N-ethyl adjacent to an activating group) is 2. The van der Waals surface area contributed by atoms with E-state index in [1.165, 1.54) is 9.80 Å². The molecule has 2 amide bonds. The highest BCUT2D eigenvalue weighted by molar-refractivity contribution is 9.10. The van der Waals surface area contributed by atoms with Crippen molar-refractivity contribution in [1.29, 1.82) is 0 Å². The minimum atomic E-state index is -0.220. The summed E-state index contributed by atoms with van der Waals surface area (Å²) in [5, 5.41) is 0. The smallest absolute Gasteiger partial charge is 0.255 e. The third kappa shape index (κ3) is 3.74. The lowest BCUT2D eigenvalue weighted by Crippen LogP contribution is -2.37. The quantitative estimate of drug-likeness (QED) is 0.860. The van der Waals surface area contributed by atoms with Gasteiger partial charge in [0, 0.05) is 30.5 Å². The topological polar surface area (TPSA) is 40.6 Å². The second-order valence-electron chi connectivity index (χ2n) is 4.11. The highest BCUT2D eigenvalue weighted by atomic mass is 79.9. The van der Waals surface area contributed by atoms with Crippen molar-refractivity contribution in [3.63, 3.8) is 0 Å². The average Bonchev–Trinajstić information content (AvgIpc) is 2.27. The van der Waals surface area contributed by atoms with Crippen molar-refractivity contribution in [1.82, 2.24) is 9.80 Å². The third-order valence-electron chi connectivity index (χ3n) is 2.41. The molecule has 4 nitrogen and oxygen atoms in total. The van der Waals surface area contributed by atoms with Crippen molar-refractivity contribution in [2.75, 3.05) is 27.7 Å². The number of hydrogen-bond donors (Lipinski definition) is 1. The molecule has 0 spiro atoms. The zero-order chi connectivity index (χ0) is 13.9. The number of halogens is 1. The molecule has 0 heterocycles. The van der Waals surface area contributed by atoms with Gasteiger partial charge >= 0.3 is 0 Å². The van der Waals surface area contributed by atoms with Crippen LogP contribution >= 0.6 is 28.6 Å². The average molecular weight is 331 g/mol. The minimum Gasteiger partial charge on any atom is -0.347 e. The molecule has 1 aromatic carbocycles. The van der Waals surface area contributed by atoms with Crippen LogP contribution in [-0.2, 0) is 4.79 Å². The first-order valence-electron chi connectivity index (χ1n) is 5.27. The third-order valence-corrected chi connectivity index (χ3v) is 3.27. The maximum atomic E-state index is 12.1. The molecule has 0 radical (unpaired) electrons. The van der Waals surface area contributed by atoms with E-state index in [2.05, 4.69) is 28.6 Å². The minimum absolute atomic E-state index is 0.0507. The van der Waals surface area contributed by atoms with E-state index in [0.717, 1.165) is 4.47 Å². The molecule has 1 aromatic rings. The molecule has 0 aliphatic carbocycles. The predicted molar refractivity (Wildman–Crippen MR) is 77.0 cm³/mol. The Hall–Kier alpha value is -1.01. The Morgan fingerprint density at radius 2 is 1.89 bits per heavy atom. The molecule has 0 saturated carbocycles. The molecule has 0 aliphatic heterocycles. The number of thiol groups is 1. The van der Waals surface area contributed by atoms with Gasteiger partial charge in [-0.2, -0.15) is 0 Å². The summed E-state index contributed by atoms with van der Waals surface area (Å²) in [5.41, 5.74) is 0.482. The second kappa shape index (κ2) is 6.24. The van der Waals surface area contributed by atoms with E-state index in [1.807, 2.05) is 0 Å². The first-order valence-corrected chi connectivity index (χ1v) is 6.51. The first-order chi connectivity index (χ1) is 8.32. The Labute approximate surface area is 120 Å². The van der Waals surface area contributed by atoms with E-state index in [-0.39, 0.29) is 18.4 Å². The lowest BCUT2D eigenvalue weighted by Gasteiger charge is -2.20. The number of benzene rings is 1. The zero-order valence-corrected chi connectivity index (χ0v) is 13.0. The number of hydrogen-bond acceptors (Lipinski definition) is 3. The molecule has 6 heteroatoms. The Kier molecular flexibility index (Phi) is 5.22. The first kappa shape index (κ1) is 15.0. The van der Waals surface area contributed by atoms with Crippen molar-refractivity contribution in [2.24, 2.45) is 0 Å². The summed E-state index contributed by atoms with van der Waals surface area (Å²) in [6.07, 6.45) is 0. The summed E-state index contributed by atoms with van der Waals surface area (Å²) in [4.78, 5) is 27.1. The molecule has 98 valence electrons. The standard InChI is InChI=1S/C12H15BrN2O2S/c1-14(2)11(16)7-15(3)12(17)9-5-4-8(13)6-10(9)18/h4-6,18H,7H2,1-3H3. The molecular weight excluding hydrogens is 316 g/mol. The van der Waals surface area contributed by atoms with Crippen LogP contribution in [0.15, 0.2) is 27.6 Å². The van der Waals surface area contributed by atoms with Crippen LogP contribution in [0.2, 0.25) is 0 Å². The summed E-state index contributed by atoms with van der Waals surface area (Å²) < 4.78 is 0.857. The van der Waals surface area contributed by atoms with E-state index in [4.69, 9.17) is 0 Å². The number of carbonyl (C=O) groups is 2. The lowest BCUT2D eigenvalue weighted by molar-refractivity contribution is -0.129. The summed E-state index contributed by atoms with van der Waals surface area (Å²) in [6.45, 7) is 0.0507. The van der Waals surface area contributed by atoms with E-state index >= 15 is 0 Å². The molecule has 0 aromatic heterocycles. The SMILES string of the molecule is CN(C)C(=O)CN(C)C(=O)c1ccc(Br)cc1S. The van der Waals surface area contributed by atoms with Crippen LogP contribution in [0.3, 0.4) is 0 Å². The molecule has 0 unspecified atom stereocenters. The molecular formula is C12H15BrN2O2S. The van der Waals surface area contributed by atoms with Gasteiger partial charge in [-0.15, -0.1) is 12.6 Å². The normalized spacial score (nSPS) is 10.1. The molecule has 0 fully saturated rings. The van der Waals surface area contributed by atoms with Crippen molar-refractivity contribution >= 4 is 40.4 Å². The van der Waals surface area contributed by atoms with Crippen molar-refractivity contribution in [3.8, 4) is 0 Å². The Balaban J connectivity index is 2.84. The number of nitrogens with zero attached hydrogens (tertiary/aromatic N) is 2. The molecule has 0 bridgehead atoms. The van der Waals surface area contributed by atoms with Gasteiger partial charge in [0.05, 0.1) is 12.1 Å². The van der Waals surface area contributed by atoms with Crippen molar-refractivity contribution in [2.45, 2.75) is 4.90 Å². The van der Waals surface area contributed by atoms with Crippen molar-refractivity contribution < 1.29 is 9.59 Å². The molecule has 0 aliphatic rings. The highest BCUT2D eigenvalue weighted by Gasteiger charge is 2.17. The Morgan fingerprint density at radius 3 is 2.39 bits per heavy atom. The number of rotatable bonds is 3. The Morgan fingerprint density at radius 1 is 1.28 bits per heavy atom. The molecule has 1 rings (SSSR count). The van der Waals surface area contributed by atoms with Gasteiger partial charge in [0.15, 0.2) is 0 Å². The highest BCUT2D eigenvalue weighted by Crippen LogP contribution is 2.20. The maximum Gasteiger partial charge on any atom is 0.255 e. The number of carbonyl (C=O) groups excluding carboxylic acids is 2. The van der Waals surface area contributed by atoms with Crippen LogP contribution in [0.25, 0.3) is 0 Å². The zero-order valence-electron chi connectivity index (χ0n) is 10.5. The van der Waals surface area contributed by atoms with Crippen LogP contribution < -0.4 is 0 Å². The van der Waals surface area contributed by atoms with E-state index < -0.39 is 0 Å². The van der Waals surface area contributed by atoms with E-state index in [1.54, 1.807) is 39.3 Å². The molecule has 0 atom stereocenters. The van der Waals surface area contributed by atoms with Crippen LogP contribution in [0.4, 0.5) is 0 Å². The van der Waals surface area contributed by atoms with Crippen LogP contribution in [0.1, 0.15) is 10.4 Å². The maximum absolute atomic E-state index is 12.1. The molecule has 0 N–H and O–H groups in total. The lowest BCUT2D eigenvalue weighted by atomic mass is 10.2. The van der Waals surface area contributed by atoms with Gasteiger partial charge in [0.2, 0.25) is 5.91 Å². The van der Waals surface area contributed by atoms with Crippen LogP contribution in [0, 0.1) is 0 Å². The monoisotopic (exact) mass is 330 g/mol. The fourth-order valence-electron chi connectivity index (χ4n) is 1.31. The second-order valence-corrected chi connectivity index (χ2v) is 5.51. The van der Waals surface area contributed by atoms with Crippen molar-refractivity contribution in [3.05, 3.63) is 28.2 Å². The summed E-state index contributed by atoms with van der Waals surface area (Å²) >= 11 is 7.57. The largest absolute Gasteiger partial charge is 0.347 e. The number of amides is 2. The van der Waals surface area contributed by atoms with Crippen LogP contribution in [-0.4, -0.2) is 49.3 Å². The summed E-state index contributed by atoms with van der Waals surface area (Å²) in [5.74, 6) is -0.341. The van der Waals surface area contributed by atoms with Gasteiger partial charge in [-0.1, -0.05) is 15.9 Å². The fraction of sp³-hybridized carbons (Fsp3) is 0.333. The van der Waals surface area contributed by atoms with Gasteiger partial charge in [0.1, 0.15) is 0 Å². The molecule has 18 heavy (non-hydrogen) atoms. The summed E-state index contributed by atoms with van der Waals surface area (Å²) in [6, 6.07) is 5.21. The van der Waals surface area contributed by atoms with Gasteiger partial charge < -0.3 is 9.80 Å². The molecule has 0 saturated heterocycles. The van der Waals surface area contributed by atoms with E-state index in [9.17, 15) is 9.59 Å². The van der Waals surface area contributed by atoms with Crippen LogP contribution in [0.5, 0.6) is 0 Å². The Bertz CT molecular complexity index is 477. The van der Waals surface area contributed by atoms with Gasteiger partial charge in [-0.3, -0.25) is 9.59 Å². The van der Waals surface area contributed by atoms with Gasteiger partial charge in [0.25, 0.3) is 5.91 Å². The van der Waals surface area contributed by atoms with E-state index in [0.29, 0.717) is 10.5 Å². The van der Waals surface area contributed by atoms with Gasteiger partial charge in [-0.25, -0.2) is 0 Å². The van der Waals surface area contributed by atoms with Gasteiger partial charge in [-0.05, 0) is 18.2 Å². The summed E-state index contributed by atoms with van der Waals surface area (Å²) in [7, 11) is 4.91. The predicted octanol–water partition coefficient (Wildman–Crippen LogP) is 1.90.